The number of Topliss-reactive ketones (excluding diaryl/α,β-unsaturated/α-hetero) is 1. The zero-order chi connectivity index (χ0) is 35.4. The number of hydrogen-bond acceptors (Lipinski definition) is 12. The van der Waals surface area contributed by atoms with Gasteiger partial charge in [-0.25, -0.2) is 4.79 Å². The number of hydrogen-bond donors (Lipinski definition) is 2. The van der Waals surface area contributed by atoms with Gasteiger partial charge >= 0.3 is 23.9 Å². The number of fused-ring (bicyclic) bond motifs is 4. The third-order valence-corrected chi connectivity index (χ3v) is 12.8. The van der Waals surface area contributed by atoms with Gasteiger partial charge in [0.05, 0.1) is 37.9 Å². The van der Waals surface area contributed by atoms with Crippen LogP contribution in [0.4, 0.5) is 0 Å². The van der Waals surface area contributed by atoms with E-state index in [-0.39, 0.29) is 18.4 Å². The minimum Gasteiger partial charge on any atom is -0.472 e. The first-order chi connectivity index (χ1) is 22.4. The van der Waals surface area contributed by atoms with Gasteiger partial charge in [-0.1, -0.05) is 48.5 Å². The van der Waals surface area contributed by atoms with Crippen molar-refractivity contribution in [1.82, 2.24) is 0 Å². The number of cyclic esters (lactones) is 1. The number of furan rings is 1. The third-order valence-electron chi connectivity index (χ3n) is 12.8. The van der Waals surface area contributed by atoms with Gasteiger partial charge in [-0.3, -0.25) is 19.2 Å². The number of ketones is 1. The summed E-state index contributed by atoms with van der Waals surface area (Å²) in [5.41, 5.74) is -7.23. The molecule has 4 fully saturated rings. The van der Waals surface area contributed by atoms with Gasteiger partial charge in [-0.15, -0.1) is 0 Å². The third kappa shape index (κ3) is 4.04. The van der Waals surface area contributed by atoms with Crippen molar-refractivity contribution in [2.45, 2.75) is 110 Å². The standard InChI is InChI=1S/C36H46O12/c1-9-18(4)29(41)48-35-16-33(6)25(24(38)30(42)44-8)34(35,7)20-10-12-32(5)21(14-22(37)46-27(32)19-11-13-45-15-19)23(20)26(39)36(35,43)31(33)47-28(40)17(2)3/h11,13,15,17-18,20,24-25,27,31,38,43H,9-10,12,14,16H2,1-8H3. The Morgan fingerprint density at radius 1 is 1.08 bits per heavy atom. The molecule has 11 unspecified atom stereocenters. The number of ether oxygens (including phenoxy) is 4. The van der Waals surface area contributed by atoms with Crippen LogP contribution in [-0.4, -0.2) is 70.4 Å². The van der Waals surface area contributed by atoms with Crippen molar-refractivity contribution in [2.24, 2.45) is 39.9 Å². The molecule has 2 bridgehead atoms. The molecule has 0 spiro atoms. The summed E-state index contributed by atoms with van der Waals surface area (Å²) in [6, 6.07) is 1.69. The molecule has 0 amide bonds. The van der Waals surface area contributed by atoms with Crippen LogP contribution in [0.3, 0.4) is 0 Å². The lowest BCUT2D eigenvalue weighted by Gasteiger charge is -2.66. The van der Waals surface area contributed by atoms with E-state index < -0.39 is 99.1 Å². The van der Waals surface area contributed by atoms with E-state index in [0.717, 1.165) is 7.11 Å². The first-order valence-corrected chi connectivity index (χ1v) is 16.8. The lowest BCUT2D eigenvalue weighted by molar-refractivity contribution is -0.288. The molecule has 12 heteroatoms. The van der Waals surface area contributed by atoms with Crippen LogP contribution in [0, 0.1) is 39.9 Å². The van der Waals surface area contributed by atoms with Crippen LogP contribution in [0.25, 0.3) is 0 Å². The molecule has 262 valence electrons. The van der Waals surface area contributed by atoms with Gasteiger partial charge in [0, 0.05) is 39.7 Å². The van der Waals surface area contributed by atoms with Crippen molar-refractivity contribution in [2.75, 3.05) is 7.11 Å². The molecule has 6 rings (SSSR count). The highest BCUT2D eigenvalue weighted by Gasteiger charge is 2.93. The first-order valence-electron chi connectivity index (χ1n) is 16.8. The van der Waals surface area contributed by atoms with E-state index in [1.807, 2.05) is 6.92 Å². The molecular weight excluding hydrogens is 624 g/mol. The van der Waals surface area contributed by atoms with Crippen molar-refractivity contribution >= 4 is 29.7 Å². The summed E-state index contributed by atoms with van der Waals surface area (Å²) < 4.78 is 28.7. The van der Waals surface area contributed by atoms with Crippen LogP contribution < -0.4 is 0 Å². The maximum Gasteiger partial charge on any atom is 0.335 e. The van der Waals surface area contributed by atoms with E-state index in [1.54, 1.807) is 47.6 Å². The summed E-state index contributed by atoms with van der Waals surface area (Å²) in [6.07, 6.45) is -0.569. The molecule has 48 heavy (non-hydrogen) atoms. The van der Waals surface area contributed by atoms with Crippen LogP contribution >= 0.6 is 0 Å². The fourth-order valence-corrected chi connectivity index (χ4v) is 10.4. The molecule has 5 aliphatic rings. The van der Waals surface area contributed by atoms with E-state index in [4.69, 9.17) is 23.4 Å². The van der Waals surface area contributed by atoms with Gasteiger partial charge in [0.25, 0.3) is 0 Å². The average Bonchev–Trinajstić information content (AvgIpc) is 3.69. The smallest absolute Gasteiger partial charge is 0.335 e. The minimum absolute atomic E-state index is 0.158. The number of esters is 4. The summed E-state index contributed by atoms with van der Waals surface area (Å²) in [6.45, 7) is 12.0. The Labute approximate surface area is 279 Å². The highest BCUT2D eigenvalue weighted by atomic mass is 16.6. The molecule has 3 saturated carbocycles. The van der Waals surface area contributed by atoms with Gasteiger partial charge in [0.15, 0.2) is 17.5 Å². The second kappa shape index (κ2) is 11.0. The van der Waals surface area contributed by atoms with E-state index in [2.05, 4.69) is 0 Å². The fraction of sp³-hybridized carbons (Fsp3) is 0.694. The van der Waals surface area contributed by atoms with Crippen LogP contribution in [0.2, 0.25) is 0 Å². The Bertz CT molecular complexity index is 1590. The highest BCUT2D eigenvalue weighted by molar-refractivity contribution is 6.08. The van der Waals surface area contributed by atoms with Crippen molar-refractivity contribution in [3.8, 4) is 0 Å². The fourth-order valence-electron chi connectivity index (χ4n) is 10.4. The van der Waals surface area contributed by atoms with E-state index >= 15 is 4.79 Å². The van der Waals surface area contributed by atoms with Crippen LogP contribution in [0.1, 0.15) is 92.2 Å². The molecule has 2 heterocycles. The first kappa shape index (κ1) is 34.4. The molecule has 12 nitrogen and oxygen atoms in total. The predicted molar refractivity (Wildman–Crippen MR) is 165 cm³/mol. The Hall–Kier alpha value is -3.51. The van der Waals surface area contributed by atoms with Crippen LogP contribution in [0.15, 0.2) is 34.2 Å². The summed E-state index contributed by atoms with van der Waals surface area (Å²) in [5, 5.41) is 25.1. The van der Waals surface area contributed by atoms with Crippen LogP contribution in [0.5, 0.6) is 0 Å². The maximum atomic E-state index is 15.3. The van der Waals surface area contributed by atoms with E-state index in [9.17, 15) is 29.4 Å². The molecule has 1 saturated heterocycles. The second-order valence-electron chi connectivity index (χ2n) is 15.5. The lowest BCUT2D eigenvalue weighted by Crippen LogP contribution is -2.80. The molecule has 0 aromatic carbocycles. The van der Waals surface area contributed by atoms with Gasteiger partial charge in [0.2, 0.25) is 5.60 Å². The van der Waals surface area contributed by atoms with Gasteiger partial charge in [0.1, 0.15) is 12.2 Å². The number of carbonyl (C=O) groups excluding carboxylic acids is 5. The summed E-state index contributed by atoms with van der Waals surface area (Å²) in [4.78, 5) is 69.0. The minimum atomic E-state index is -2.62. The van der Waals surface area contributed by atoms with Crippen molar-refractivity contribution in [3.63, 3.8) is 0 Å². The van der Waals surface area contributed by atoms with Crippen molar-refractivity contribution in [1.29, 1.82) is 0 Å². The summed E-state index contributed by atoms with van der Waals surface area (Å²) >= 11 is 0. The van der Waals surface area contributed by atoms with Crippen molar-refractivity contribution in [3.05, 3.63) is 35.3 Å². The molecule has 1 aliphatic heterocycles. The zero-order valence-corrected chi connectivity index (χ0v) is 28.8. The Morgan fingerprint density at radius 3 is 2.35 bits per heavy atom. The Balaban J connectivity index is 1.67. The summed E-state index contributed by atoms with van der Waals surface area (Å²) in [7, 11) is 1.14. The number of aliphatic hydroxyl groups is 2. The van der Waals surface area contributed by atoms with E-state index in [1.165, 1.54) is 12.5 Å². The van der Waals surface area contributed by atoms with Crippen LogP contribution in [-0.2, 0) is 42.9 Å². The Morgan fingerprint density at radius 2 is 1.77 bits per heavy atom. The summed E-state index contributed by atoms with van der Waals surface area (Å²) in [5.74, 6) is -6.89. The number of carbonyl (C=O) groups is 5. The molecule has 1 aromatic rings. The SMILES string of the molecule is CCC(C)C(=O)OC12CC3(C)C(OC(=O)C(C)C)C1(O)C(=O)C1=C4CC(=O)OC(c5ccoc5)C4(C)CCC1C2(C)C3C(O)C(=O)OC. The molecule has 1 aromatic heterocycles. The number of rotatable bonds is 8. The average molecular weight is 671 g/mol. The van der Waals surface area contributed by atoms with Gasteiger partial charge < -0.3 is 33.6 Å². The van der Waals surface area contributed by atoms with Gasteiger partial charge in [-0.05, 0) is 36.8 Å². The molecule has 11 atom stereocenters. The topological polar surface area (TPSA) is 176 Å². The van der Waals surface area contributed by atoms with Gasteiger partial charge in [-0.2, -0.15) is 0 Å². The molecule has 0 radical (unpaired) electrons. The van der Waals surface area contributed by atoms with Crippen molar-refractivity contribution < 1.29 is 57.6 Å². The Kier molecular flexibility index (Phi) is 7.87. The number of aliphatic hydroxyl groups excluding tert-OH is 1. The highest BCUT2D eigenvalue weighted by Crippen LogP contribution is 2.81. The number of methoxy groups -OCH3 is 1. The quantitative estimate of drug-likeness (QED) is 0.303. The second-order valence-corrected chi connectivity index (χ2v) is 15.5. The predicted octanol–water partition coefficient (Wildman–Crippen LogP) is 3.77. The maximum absolute atomic E-state index is 15.3. The normalized spacial score (nSPS) is 40.9. The monoisotopic (exact) mass is 670 g/mol. The van der Waals surface area contributed by atoms with E-state index in [0.29, 0.717) is 30.4 Å². The molecule has 2 N–H and O–H groups in total. The lowest BCUT2D eigenvalue weighted by atomic mass is 9.40. The molecular formula is C36H46O12. The molecule has 4 aliphatic carbocycles. The zero-order valence-electron chi connectivity index (χ0n) is 28.8. The largest absolute Gasteiger partial charge is 0.472 e.